The maximum absolute atomic E-state index is 12.5. The molecule has 0 aliphatic heterocycles. The summed E-state index contributed by atoms with van der Waals surface area (Å²) in [5.41, 5.74) is 2.18. The van der Waals surface area contributed by atoms with Gasteiger partial charge in [0.25, 0.3) is 5.91 Å². The van der Waals surface area contributed by atoms with Crippen LogP contribution in [0.4, 0.5) is 5.69 Å². The van der Waals surface area contributed by atoms with E-state index in [-0.39, 0.29) is 5.57 Å². The molecule has 27 heavy (non-hydrogen) atoms. The number of nitriles is 1. The summed E-state index contributed by atoms with van der Waals surface area (Å²) in [7, 11) is 1.52. The molecule has 1 amide bonds. The van der Waals surface area contributed by atoms with Crippen LogP contribution in [0.15, 0.2) is 59.1 Å². The van der Waals surface area contributed by atoms with Gasteiger partial charge in [0.05, 0.1) is 11.6 Å². The number of methoxy groups -OCH3 is 1. The van der Waals surface area contributed by atoms with Gasteiger partial charge in [0, 0.05) is 5.69 Å². The Bertz CT molecular complexity index is 930. The predicted octanol–water partition coefficient (Wildman–Crippen LogP) is 4.88. The highest BCUT2D eigenvalue weighted by atomic mass is 79.9. The molecule has 0 radical (unpaired) electrons. The normalized spacial score (nSPS) is 10.7. The Morgan fingerprint density at radius 1 is 1.37 bits per heavy atom. The lowest BCUT2D eigenvalue weighted by atomic mass is 10.1. The highest BCUT2D eigenvalue weighted by Crippen LogP contribution is 2.37. The first kappa shape index (κ1) is 20.3. The maximum atomic E-state index is 12.5. The van der Waals surface area contributed by atoms with Crippen molar-refractivity contribution in [2.45, 2.75) is 6.92 Å². The number of amides is 1. The van der Waals surface area contributed by atoms with Crippen molar-refractivity contribution < 1.29 is 14.3 Å². The van der Waals surface area contributed by atoms with Crippen molar-refractivity contribution >= 4 is 33.6 Å². The van der Waals surface area contributed by atoms with Crippen LogP contribution in [0, 0.1) is 18.3 Å². The topological polar surface area (TPSA) is 71.3 Å². The molecule has 0 bridgehead atoms. The van der Waals surface area contributed by atoms with E-state index in [2.05, 4.69) is 27.8 Å². The van der Waals surface area contributed by atoms with Crippen LogP contribution in [0.2, 0.25) is 0 Å². The van der Waals surface area contributed by atoms with Crippen molar-refractivity contribution in [3.05, 3.63) is 70.2 Å². The highest BCUT2D eigenvalue weighted by molar-refractivity contribution is 9.10. The number of anilines is 1. The molecule has 1 N–H and O–H groups in total. The fraction of sp³-hybridized carbons (Fsp3) is 0.143. The van der Waals surface area contributed by atoms with E-state index >= 15 is 0 Å². The molecular formula is C21H19BrN2O3. The van der Waals surface area contributed by atoms with Gasteiger partial charge in [-0.15, -0.1) is 0 Å². The standard InChI is InChI=1S/C21H19BrN2O3/c1-4-9-27-20-17(22)11-15(12-19(20)26-3)10-16(13-23)21(25)24-18-8-6-5-7-14(18)2/h4-8,10-12H,1,9H2,2-3H3,(H,24,25)/b16-10-. The van der Waals surface area contributed by atoms with Crippen LogP contribution in [0.1, 0.15) is 11.1 Å². The number of halogens is 1. The molecule has 0 aliphatic rings. The van der Waals surface area contributed by atoms with Crippen molar-refractivity contribution in [1.29, 1.82) is 5.26 Å². The third kappa shape index (κ3) is 5.22. The van der Waals surface area contributed by atoms with Gasteiger partial charge in [0.2, 0.25) is 0 Å². The van der Waals surface area contributed by atoms with E-state index in [9.17, 15) is 10.1 Å². The van der Waals surface area contributed by atoms with Gasteiger partial charge in [0.15, 0.2) is 11.5 Å². The van der Waals surface area contributed by atoms with E-state index in [1.165, 1.54) is 13.2 Å². The van der Waals surface area contributed by atoms with Crippen molar-refractivity contribution in [1.82, 2.24) is 0 Å². The molecular weight excluding hydrogens is 408 g/mol. The van der Waals surface area contributed by atoms with E-state index in [1.807, 2.05) is 31.2 Å². The molecule has 0 fully saturated rings. The quantitative estimate of drug-likeness (QED) is 0.389. The van der Waals surface area contributed by atoms with Gasteiger partial charge < -0.3 is 14.8 Å². The van der Waals surface area contributed by atoms with Gasteiger partial charge in [-0.2, -0.15) is 5.26 Å². The van der Waals surface area contributed by atoms with Crippen LogP contribution in [0.5, 0.6) is 11.5 Å². The summed E-state index contributed by atoms with van der Waals surface area (Å²) >= 11 is 3.43. The zero-order valence-electron chi connectivity index (χ0n) is 15.1. The number of carbonyl (C=O) groups is 1. The van der Waals surface area contributed by atoms with Crippen molar-refractivity contribution in [2.24, 2.45) is 0 Å². The van der Waals surface area contributed by atoms with E-state index < -0.39 is 5.91 Å². The predicted molar refractivity (Wildman–Crippen MR) is 110 cm³/mol. The summed E-state index contributed by atoms with van der Waals surface area (Å²) in [6.45, 7) is 5.83. The lowest BCUT2D eigenvalue weighted by molar-refractivity contribution is -0.112. The second-order valence-electron chi connectivity index (χ2n) is 5.57. The fourth-order valence-corrected chi connectivity index (χ4v) is 2.90. The molecule has 138 valence electrons. The lowest BCUT2D eigenvalue weighted by Crippen LogP contribution is -2.14. The number of nitrogens with one attached hydrogen (secondary N) is 1. The second-order valence-corrected chi connectivity index (χ2v) is 6.43. The molecule has 0 atom stereocenters. The number of aryl methyl sites for hydroxylation is 1. The van der Waals surface area contributed by atoms with Crippen molar-refractivity contribution in [3.63, 3.8) is 0 Å². The van der Waals surface area contributed by atoms with Crippen molar-refractivity contribution in [2.75, 3.05) is 19.0 Å². The van der Waals surface area contributed by atoms with E-state index in [0.29, 0.717) is 33.8 Å². The van der Waals surface area contributed by atoms with E-state index in [4.69, 9.17) is 9.47 Å². The summed E-state index contributed by atoms with van der Waals surface area (Å²) in [6, 6.07) is 12.8. The zero-order valence-corrected chi connectivity index (χ0v) is 16.7. The average Bonchev–Trinajstić information content (AvgIpc) is 2.66. The van der Waals surface area contributed by atoms with Gasteiger partial charge in [-0.1, -0.05) is 30.9 Å². The molecule has 2 aromatic carbocycles. The smallest absolute Gasteiger partial charge is 0.266 e. The summed E-state index contributed by atoms with van der Waals surface area (Å²) in [5.74, 6) is 0.528. The molecule has 5 nitrogen and oxygen atoms in total. The average molecular weight is 427 g/mol. The number of para-hydroxylation sites is 1. The van der Waals surface area contributed by atoms with Gasteiger partial charge in [-0.3, -0.25) is 4.79 Å². The van der Waals surface area contributed by atoms with Gasteiger partial charge in [0.1, 0.15) is 18.2 Å². The minimum absolute atomic E-state index is 0.0213. The number of benzene rings is 2. The summed E-state index contributed by atoms with van der Waals surface area (Å²) in [4.78, 5) is 12.5. The van der Waals surface area contributed by atoms with Gasteiger partial charge in [-0.05, 0) is 58.3 Å². The van der Waals surface area contributed by atoms with Crippen LogP contribution in [0.3, 0.4) is 0 Å². The number of carbonyl (C=O) groups excluding carboxylic acids is 1. The fourth-order valence-electron chi connectivity index (χ4n) is 2.32. The molecule has 0 unspecified atom stereocenters. The van der Waals surface area contributed by atoms with E-state index in [1.54, 1.807) is 24.3 Å². The molecule has 2 rings (SSSR count). The number of ether oxygens (including phenoxy) is 2. The number of rotatable bonds is 7. The second kappa shape index (κ2) is 9.60. The zero-order chi connectivity index (χ0) is 19.8. The highest BCUT2D eigenvalue weighted by Gasteiger charge is 2.14. The number of hydrogen-bond donors (Lipinski definition) is 1. The molecule has 0 heterocycles. The summed E-state index contributed by atoms with van der Waals surface area (Å²) in [5, 5.41) is 12.2. The minimum Gasteiger partial charge on any atom is -0.493 e. The van der Waals surface area contributed by atoms with Crippen LogP contribution >= 0.6 is 15.9 Å². The summed E-state index contributed by atoms with van der Waals surface area (Å²) < 4.78 is 11.6. The van der Waals surface area contributed by atoms with Crippen LogP contribution in [-0.2, 0) is 4.79 Å². The Kier molecular flexibility index (Phi) is 7.21. The molecule has 0 spiro atoms. The van der Waals surface area contributed by atoms with Crippen molar-refractivity contribution in [3.8, 4) is 17.6 Å². The number of hydrogen-bond acceptors (Lipinski definition) is 4. The Balaban J connectivity index is 2.33. The maximum Gasteiger partial charge on any atom is 0.266 e. The largest absolute Gasteiger partial charge is 0.493 e. The molecule has 0 saturated carbocycles. The van der Waals surface area contributed by atoms with Crippen LogP contribution < -0.4 is 14.8 Å². The third-order valence-electron chi connectivity index (χ3n) is 3.67. The lowest BCUT2D eigenvalue weighted by Gasteiger charge is -2.12. The van der Waals surface area contributed by atoms with Gasteiger partial charge >= 0.3 is 0 Å². The molecule has 0 saturated heterocycles. The minimum atomic E-state index is -0.478. The first-order chi connectivity index (χ1) is 13.0. The monoisotopic (exact) mass is 426 g/mol. The molecule has 0 aliphatic carbocycles. The molecule has 0 aromatic heterocycles. The van der Waals surface area contributed by atoms with E-state index in [0.717, 1.165) is 5.56 Å². The molecule has 2 aromatic rings. The van der Waals surface area contributed by atoms with Crippen LogP contribution in [0.25, 0.3) is 6.08 Å². The first-order valence-electron chi connectivity index (χ1n) is 8.10. The SMILES string of the molecule is C=CCOc1c(Br)cc(/C=C(/C#N)C(=O)Nc2ccccc2C)cc1OC. The van der Waals surface area contributed by atoms with Crippen LogP contribution in [-0.4, -0.2) is 19.6 Å². The Labute approximate surface area is 167 Å². The summed E-state index contributed by atoms with van der Waals surface area (Å²) in [6.07, 6.45) is 3.13. The third-order valence-corrected chi connectivity index (χ3v) is 4.26. The molecule has 6 heteroatoms. The van der Waals surface area contributed by atoms with Gasteiger partial charge in [-0.25, -0.2) is 0 Å². The Morgan fingerprint density at radius 2 is 2.11 bits per heavy atom. The number of nitrogens with zero attached hydrogens (tertiary/aromatic N) is 1. The Hall–Kier alpha value is -3.04. The first-order valence-corrected chi connectivity index (χ1v) is 8.89. The Morgan fingerprint density at radius 3 is 2.74 bits per heavy atom.